The van der Waals surface area contributed by atoms with E-state index in [1.807, 2.05) is 20.8 Å². The van der Waals surface area contributed by atoms with Gasteiger partial charge in [-0.15, -0.1) is 0 Å². The van der Waals surface area contributed by atoms with Crippen LogP contribution in [0.15, 0.2) is 0 Å². The van der Waals surface area contributed by atoms with E-state index < -0.39 is 10.2 Å². The molecule has 0 radical (unpaired) electrons. The van der Waals surface area contributed by atoms with Gasteiger partial charge >= 0.3 is 5.97 Å². The van der Waals surface area contributed by atoms with E-state index in [0.717, 1.165) is 6.42 Å². The molecule has 0 aliphatic rings. The highest BCUT2D eigenvalue weighted by Crippen LogP contribution is 2.45. The molecule has 0 amide bonds. The van der Waals surface area contributed by atoms with E-state index >= 15 is 0 Å². The third-order valence-corrected chi connectivity index (χ3v) is 3.36. The van der Waals surface area contributed by atoms with Gasteiger partial charge in [-0.2, -0.15) is 12.6 Å². The average molecular weight is 232 g/mol. The largest absolute Gasteiger partial charge is 0.469 e. The first-order valence-corrected chi connectivity index (χ1v) is 5.69. The lowest BCUT2D eigenvalue weighted by molar-refractivity contribution is -0.155. The minimum absolute atomic E-state index is 0.0724. The van der Waals surface area contributed by atoms with Crippen molar-refractivity contribution in [3.63, 3.8) is 0 Å². The Morgan fingerprint density at radius 2 is 1.53 bits per heavy atom. The average Bonchev–Trinajstić information content (AvgIpc) is 1.97. The van der Waals surface area contributed by atoms with E-state index in [-0.39, 0.29) is 11.4 Å². The Balaban J connectivity index is 5.14. The van der Waals surface area contributed by atoms with Gasteiger partial charge in [0.25, 0.3) is 0 Å². The molecule has 15 heavy (non-hydrogen) atoms. The van der Waals surface area contributed by atoms with Gasteiger partial charge in [0.2, 0.25) is 0 Å². The quantitative estimate of drug-likeness (QED) is 0.597. The summed E-state index contributed by atoms with van der Waals surface area (Å²) < 4.78 is 4.50. The van der Waals surface area contributed by atoms with Crippen LogP contribution < -0.4 is 0 Å². The first-order chi connectivity index (χ1) is 6.44. The van der Waals surface area contributed by atoms with Crippen molar-refractivity contribution in [2.75, 3.05) is 7.11 Å². The Morgan fingerprint density at radius 3 is 1.73 bits per heavy atom. The van der Waals surface area contributed by atoms with Crippen LogP contribution in [0.5, 0.6) is 0 Å². The third kappa shape index (κ3) is 3.71. The molecule has 90 valence electrons. The van der Waals surface area contributed by atoms with Crippen molar-refractivity contribution in [1.82, 2.24) is 0 Å². The van der Waals surface area contributed by atoms with Gasteiger partial charge in [0.1, 0.15) is 0 Å². The first kappa shape index (κ1) is 14.8. The maximum Gasteiger partial charge on any atom is 0.312 e. The number of hydrogen-bond donors (Lipinski definition) is 1. The van der Waals surface area contributed by atoms with E-state index in [0.29, 0.717) is 0 Å². The number of carbonyl (C=O) groups is 1. The smallest absolute Gasteiger partial charge is 0.312 e. The van der Waals surface area contributed by atoms with Crippen LogP contribution in [0.25, 0.3) is 0 Å². The molecule has 3 heteroatoms. The molecular weight excluding hydrogens is 208 g/mol. The molecule has 0 saturated heterocycles. The maximum absolute atomic E-state index is 11.9. The van der Waals surface area contributed by atoms with Crippen LogP contribution in [-0.4, -0.2) is 17.8 Å². The maximum atomic E-state index is 11.9. The molecule has 0 saturated carbocycles. The Kier molecular flexibility index (Phi) is 4.31. The van der Waals surface area contributed by atoms with Crippen molar-refractivity contribution in [2.24, 2.45) is 10.8 Å². The van der Waals surface area contributed by atoms with Gasteiger partial charge < -0.3 is 4.74 Å². The van der Waals surface area contributed by atoms with Crippen LogP contribution in [0.2, 0.25) is 0 Å². The summed E-state index contributed by atoms with van der Waals surface area (Å²) in [6.07, 6.45) is 0.753. The van der Waals surface area contributed by atoms with E-state index in [9.17, 15) is 4.79 Å². The number of carbonyl (C=O) groups excluding carboxylic acids is 1. The predicted molar refractivity (Wildman–Crippen MR) is 67.3 cm³/mol. The third-order valence-electron chi connectivity index (χ3n) is 2.87. The molecule has 1 unspecified atom stereocenters. The zero-order valence-corrected chi connectivity index (χ0v) is 11.9. The Hall–Kier alpha value is -0.180. The molecule has 0 N–H and O–H groups in total. The van der Waals surface area contributed by atoms with Crippen LogP contribution in [0.4, 0.5) is 0 Å². The fraction of sp³-hybridized carbons (Fsp3) is 0.917. The second kappa shape index (κ2) is 4.36. The molecule has 0 aromatic carbocycles. The second-order valence-corrected chi connectivity index (χ2v) is 7.24. The highest BCUT2D eigenvalue weighted by atomic mass is 32.1. The summed E-state index contributed by atoms with van der Waals surface area (Å²) in [5.41, 5.74) is -0.494. The topological polar surface area (TPSA) is 26.3 Å². The van der Waals surface area contributed by atoms with E-state index in [4.69, 9.17) is 4.74 Å². The lowest BCUT2D eigenvalue weighted by Gasteiger charge is -2.42. The molecule has 0 heterocycles. The number of thiol groups is 1. The Morgan fingerprint density at radius 1 is 1.13 bits per heavy atom. The Labute approximate surface area is 99.2 Å². The van der Waals surface area contributed by atoms with Gasteiger partial charge in [0.15, 0.2) is 0 Å². The molecule has 2 nitrogen and oxygen atoms in total. The minimum atomic E-state index is -0.566. The van der Waals surface area contributed by atoms with E-state index in [1.165, 1.54) is 7.11 Å². The first-order valence-electron chi connectivity index (χ1n) is 5.25. The predicted octanol–water partition coefficient (Wildman–Crippen LogP) is 3.31. The van der Waals surface area contributed by atoms with Gasteiger partial charge in [-0.25, -0.2) is 0 Å². The number of ether oxygens (including phenoxy) is 1. The van der Waals surface area contributed by atoms with Gasteiger partial charge in [-0.1, -0.05) is 20.8 Å². The van der Waals surface area contributed by atoms with Crippen LogP contribution in [0.1, 0.15) is 48.0 Å². The van der Waals surface area contributed by atoms with Crippen molar-refractivity contribution in [3.8, 4) is 0 Å². The highest BCUT2D eigenvalue weighted by molar-refractivity contribution is 7.81. The number of methoxy groups -OCH3 is 1. The van der Waals surface area contributed by atoms with Gasteiger partial charge in [-0.05, 0) is 32.6 Å². The molecule has 0 aliphatic heterocycles. The van der Waals surface area contributed by atoms with Gasteiger partial charge in [0.05, 0.1) is 12.5 Å². The minimum Gasteiger partial charge on any atom is -0.469 e. The van der Waals surface area contributed by atoms with Crippen molar-refractivity contribution >= 4 is 18.6 Å². The van der Waals surface area contributed by atoms with Crippen molar-refractivity contribution in [3.05, 3.63) is 0 Å². The summed E-state index contributed by atoms with van der Waals surface area (Å²) in [5, 5.41) is 0. The standard InChI is InChI=1S/C12H24O2S/c1-10(2,3)8-12(6,9(13)14-7)11(4,5)15/h15H,8H2,1-7H3. The Bertz CT molecular complexity index is 235. The zero-order chi connectivity index (χ0) is 12.5. The second-order valence-electron chi connectivity index (χ2n) is 6.12. The van der Waals surface area contributed by atoms with Crippen molar-refractivity contribution < 1.29 is 9.53 Å². The molecular formula is C12H24O2S. The fourth-order valence-corrected chi connectivity index (χ4v) is 1.99. The molecule has 0 fully saturated rings. The summed E-state index contributed by atoms with van der Waals surface area (Å²) in [4.78, 5) is 11.9. The van der Waals surface area contributed by atoms with Crippen molar-refractivity contribution in [2.45, 2.75) is 52.7 Å². The molecule has 0 bridgehead atoms. The number of hydrogen-bond acceptors (Lipinski definition) is 3. The monoisotopic (exact) mass is 232 g/mol. The van der Waals surface area contributed by atoms with E-state index in [1.54, 1.807) is 0 Å². The SMILES string of the molecule is COC(=O)C(C)(CC(C)(C)C)C(C)(C)S. The summed E-state index contributed by atoms with van der Waals surface area (Å²) in [5.74, 6) is -0.183. The van der Waals surface area contributed by atoms with Gasteiger partial charge in [0, 0.05) is 4.75 Å². The normalized spacial score (nSPS) is 17.1. The summed E-state index contributed by atoms with van der Waals surface area (Å²) in [6.45, 7) is 12.2. The van der Waals surface area contributed by atoms with Crippen molar-refractivity contribution in [1.29, 1.82) is 0 Å². The zero-order valence-electron chi connectivity index (χ0n) is 11.0. The molecule has 1 atom stereocenters. The van der Waals surface area contributed by atoms with Crippen LogP contribution in [0, 0.1) is 10.8 Å². The number of rotatable bonds is 3. The van der Waals surface area contributed by atoms with Crippen LogP contribution >= 0.6 is 12.6 Å². The molecule has 0 aromatic heterocycles. The molecule has 0 rings (SSSR count). The lowest BCUT2D eigenvalue weighted by Crippen LogP contribution is -2.46. The lowest BCUT2D eigenvalue weighted by atomic mass is 9.68. The van der Waals surface area contributed by atoms with Gasteiger partial charge in [-0.3, -0.25) is 4.79 Å². The highest BCUT2D eigenvalue weighted by Gasteiger charge is 2.48. The van der Waals surface area contributed by atoms with E-state index in [2.05, 4.69) is 33.4 Å². The van der Waals surface area contributed by atoms with Crippen LogP contribution in [0.3, 0.4) is 0 Å². The summed E-state index contributed by atoms with van der Waals surface area (Å²) in [6, 6.07) is 0. The van der Waals surface area contributed by atoms with Crippen LogP contribution in [-0.2, 0) is 9.53 Å². The fourth-order valence-electron chi connectivity index (χ4n) is 1.82. The molecule has 0 aliphatic carbocycles. The summed E-state index contributed by atoms with van der Waals surface area (Å²) >= 11 is 4.54. The summed E-state index contributed by atoms with van der Waals surface area (Å²) in [7, 11) is 1.43. The molecule has 0 spiro atoms. The number of esters is 1. The molecule has 0 aromatic rings.